The Balaban J connectivity index is 0.000000651. The van der Waals surface area contributed by atoms with Crippen molar-refractivity contribution < 1.29 is 0 Å². The van der Waals surface area contributed by atoms with Gasteiger partial charge in [-0.15, -0.1) is 0 Å². The number of aryl methyl sites for hydroxylation is 2. The molecular weight excluding hydrogens is 1410 g/mol. The molecule has 0 amide bonds. The van der Waals surface area contributed by atoms with Crippen molar-refractivity contribution >= 4 is 53.8 Å². The Bertz CT molecular complexity index is 3970. The highest BCUT2D eigenvalue weighted by Gasteiger charge is 2.22. The molecule has 14 rings (SSSR count). The Morgan fingerprint density at radius 3 is 1.13 bits per heavy atom. The number of pyridine rings is 3. The van der Waals surface area contributed by atoms with Gasteiger partial charge in [-0.3, -0.25) is 29.9 Å². The van der Waals surface area contributed by atoms with Gasteiger partial charge in [-0.25, -0.2) is 9.98 Å². The Hall–Kier alpha value is -9.02. The molecule has 6 aliphatic rings. The van der Waals surface area contributed by atoms with Crippen molar-refractivity contribution in [2.24, 2.45) is 35.2 Å². The number of hydrogen-bond acceptors (Lipinski definition) is 10. The molecule has 632 valence electrons. The van der Waals surface area contributed by atoms with Crippen LogP contribution < -0.4 is 0 Å². The molecule has 0 radical (unpaired) electrons. The van der Waals surface area contributed by atoms with E-state index in [2.05, 4.69) is 375 Å². The van der Waals surface area contributed by atoms with Crippen molar-refractivity contribution in [1.29, 1.82) is 0 Å². The molecule has 10 nitrogen and oxygen atoms in total. The van der Waals surface area contributed by atoms with Crippen LogP contribution in [0.15, 0.2) is 199 Å². The fourth-order valence-corrected chi connectivity index (χ4v) is 11.2. The van der Waals surface area contributed by atoms with Gasteiger partial charge in [0.25, 0.3) is 0 Å². The number of fused-ring (bicyclic) bond motifs is 4. The first-order chi connectivity index (χ1) is 54.4. The zero-order valence-electron chi connectivity index (χ0n) is 80.2. The molecule has 3 aromatic heterocycles. The number of benzene rings is 5. The maximum atomic E-state index is 4.46. The molecule has 7 heterocycles. The van der Waals surface area contributed by atoms with E-state index >= 15 is 0 Å². The lowest BCUT2D eigenvalue weighted by molar-refractivity contribution is 0.586. The number of amidine groups is 2. The van der Waals surface area contributed by atoms with Gasteiger partial charge in [-0.1, -0.05) is 382 Å². The lowest BCUT2D eigenvalue weighted by Crippen LogP contribution is -2.12. The van der Waals surface area contributed by atoms with Gasteiger partial charge in [0.2, 0.25) is 0 Å². The molecule has 0 N–H and O–H groups in total. The van der Waals surface area contributed by atoms with E-state index < -0.39 is 0 Å². The molecule has 8 aromatic rings. The van der Waals surface area contributed by atoms with Crippen LogP contribution in [0.1, 0.15) is 350 Å². The van der Waals surface area contributed by atoms with E-state index in [4.69, 9.17) is 0 Å². The molecule has 0 bridgehead atoms. The second-order valence-electron chi connectivity index (χ2n) is 36.0. The second kappa shape index (κ2) is 49.9. The zero-order valence-corrected chi connectivity index (χ0v) is 80.2. The molecule has 116 heavy (non-hydrogen) atoms. The summed E-state index contributed by atoms with van der Waals surface area (Å²) in [5, 5.41) is 8.10. The average Bonchev–Trinajstić information content (AvgIpc) is 1.68. The number of nitrogens with zero attached hydrogens (tertiary/aromatic N) is 10. The maximum absolute atomic E-state index is 4.46. The van der Waals surface area contributed by atoms with Crippen LogP contribution in [0.2, 0.25) is 0 Å². The number of aliphatic imine (C=N–C) groups is 5. The van der Waals surface area contributed by atoms with Crippen LogP contribution in [0.3, 0.4) is 0 Å². The molecule has 0 spiro atoms. The van der Waals surface area contributed by atoms with E-state index in [0.29, 0.717) is 6.54 Å². The standard InChI is InChI=1S/C13H16N2.C13H16.C12H15N3.2C12H15N.C11H14N2.C11H16.C10H15N.6C2H6/c1-13(2,3)11-6-4-10(5-7-11)12-14-8-9-15-12;1-13(2,3)12-8-7-10-5-4-6-11(10)9-12;1-12(2,3)9-4-5-10(15-8-9)11-13-6-7-14-11;1-12(2,3)10-5-4-9-6-7-13-11(9)8-10;1-12(2,3)10-7-9-5-4-6-11(9)13-8-10;1-11(2,3)9-5-4-8-7-12-13-10(8)6-9;1-9-5-7-10(8-6-9)11(2,3)4;1-8-5-6-9(7-11-8)10(2,3)4;6*1-2/h4-8H,9H2,1-3H3;4,6-9H,5H2,1-3H3;4-6,8H,7H2,1-3H3;2*4-5,7-8H,6H2,1-3H3;4-6H,7H2,1-3H3;5-8H,1-4H3;5-7H,1-4H3;6*1-2H3. The van der Waals surface area contributed by atoms with Gasteiger partial charge in [-0.05, 0) is 161 Å². The molecule has 0 saturated carbocycles. The quantitative estimate of drug-likeness (QED) is 0.171. The summed E-state index contributed by atoms with van der Waals surface area (Å²) in [4.78, 5) is 34.3. The molecular formula is C106H158N10. The summed E-state index contributed by atoms with van der Waals surface area (Å²) in [6.07, 6.45) is 23.4. The van der Waals surface area contributed by atoms with Gasteiger partial charge >= 0.3 is 0 Å². The van der Waals surface area contributed by atoms with Crippen LogP contribution in [0.25, 0.3) is 12.2 Å². The van der Waals surface area contributed by atoms with Crippen LogP contribution in [0.4, 0.5) is 11.4 Å². The Kier molecular flexibility index (Phi) is 45.2. The second-order valence-corrected chi connectivity index (χ2v) is 36.0. The SMILES string of the molecule is CC.CC.CC.CC.CC.CC.CC(C)(C)c1ccc(C2=NCC=N2)cc1.CC(C)(C)c1ccc(C2=NCC=N2)nc1.CC(C)(C)c1ccc2c(c1)C=CC2.CC(C)(C)c1ccc2c(c1)N=CC2.CC(C)(C)c1ccc2c(c1)N=NC2.CC(C)(C)c1cnc2c(c1)C=CC2.Cc1ccc(C(C)(C)C)cc1.Cc1ccc(C(C)(C)C)cn1. The highest BCUT2D eigenvalue weighted by Crippen LogP contribution is 2.35. The van der Waals surface area contributed by atoms with Crippen LogP contribution in [0.5, 0.6) is 0 Å². The molecule has 5 aromatic carbocycles. The number of rotatable bonds is 2. The number of hydrogen-bond donors (Lipinski definition) is 0. The van der Waals surface area contributed by atoms with E-state index in [1.807, 2.05) is 127 Å². The summed E-state index contributed by atoms with van der Waals surface area (Å²) in [6.45, 7) is 83.5. The van der Waals surface area contributed by atoms with E-state index in [0.717, 1.165) is 72.3 Å². The Morgan fingerprint density at radius 2 is 0.681 bits per heavy atom. The van der Waals surface area contributed by atoms with Crippen LogP contribution in [-0.2, 0) is 69.1 Å². The normalized spacial score (nSPS) is 13.1. The highest BCUT2D eigenvalue weighted by atomic mass is 15.1. The van der Waals surface area contributed by atoms with Crippen molar-refractivity contribution in [3.63, 3.8) is 0 Å². The van der Waals surface area contributed by atoms with E-state index in [9.17, 15) is 0 Å². The molecule has 0 unspecified atom stereocenters. The summed E-state index contributed by atoms with van der Waals surface area (Å²) in [7, 11) is 0. The summed E-state index contributed by atoms with van der Waals surface area (Å²) in [5.74, 6) is 1.60. The minimum absolute atomic E-state index is 0.145. The van der Waals surface area contributed by atoms with Gasteiger partial charge < -0.3 is 0 Å². The third-order valence-electron chi connectivity index (χ3n) is 18.6. The topological polar surface area (TPSA) is 125 Å². The van der Waals surface area contributed by atoms with Crippen molar-refractivity contribution in [3.05, 3.63) is 265 Å². The first-order valence-corrected chi connectivity index (χ1v) is 43.3. The van der Waals surface area contributed by atoms with Crippen molar-refractivity contribution in [2.45, 2.75) is 332 Å². The highest BCUT2D eigenvalue weighted by molar-refractivity contribution is 6.06. The summed E-state index contributed by atoms with van der Waals surface area (Å²) in [6, 6.07) is 47.7. The maximum Gasteiger partial charge on any atom is 0.173 e. The van der Waals surface area contributed by atoms with E-state index in [1.54, 1.807) is 6.21 Å². The summed E-state index contributed by atoms with van der Waals surface area (Å²) < 4.78 is 0. The first kappa shape index (κ1) is 105. The Morgan fingerprint density at radius 1 is 0.293 bits per heavy atom. The molecule has 0 saturated heterocycles. The van der Waals surface area contributed by atoms with Gasteiger partial charge in [0.1, 0.15) is 5.69 Å². The Labute approximate surface area is 709 Å². The third-order valence-corrected chi connectivity index (χ3v) is 18.6. The van der Waals surface area contributed by atoms with Gasteiger partial charge in [0.15, 0.2) is 11.7 Å². The van der Waals surface area contributed by atoms with Crippen LogP contribution in [-0.4, -0.2) is 58.4 Å². The zero-order chi connectivity index (χ0) is 88.6. The predicted molar refractivity (Wildman–Crippen MR) is 517 cm³/mol. The van der Waals surface area contributed by atoms with Crippen LogP contribution >= 0.6 is 0 Å². The largest absolute Gasteiger partial charge is 0.261 e. The van der Waals surface area contributed by atoms with Crippen molar-refractivity contribution in [2.75, 3.05) is 13.1 Å². The first-order valence-electron chi connectivity index (χ1n) is 43.3. The van der Waals surface area contributed by atoms with E-state index in [1.165, 1.54) is 83.6 Å². The minimum Gasteiger partial charge on any atom is -0.261 e. The smallest absolute Gasteiger partial charge is 0.173 e. The summed E-state index contributed by atoms with van der Waals surface area (Å²) >= 11 is 0. The number of azo groups is 1. The lowest BCUT2D eigenvalue weighted by Gasteiger charge is -2.19. The van der Waals surface area contributed by atoms with Gasteiger partial charge in [0, 0.05) is 66.9 Å². The number of allylic oxidation sites excluding steroid dienone is 2. The molecule has 2 aliphatic carbocycles. The minimum atomic E-state index is 0.145. The van der Waals surface area contributed by atoms with Gasteiger partial charge in [0.05, 0.1) is 36.7 Å². The molecule has 0 fully saturated rings. The van der Waals surface area contributed by atoms with Crippen molar-refractivity contribution in [1.82, 2.24) is 15.0 Å². The lowest BCUT2D eigenvalue weighted by atomic mass is 9.85. The summed E-state index contributed by atoms with van der Waals surface area (Å²) in [5.41, 5.74) is 27.1. The fraction of sp³-hybridized carbons (Fsp3) is 0.491. The predicted octanol–water partition coefficient (Wildman–Crippen LogP) is 30.5. The molecule has 10 heteroatoms. The van der Waals surface area contributed by atoms with Crippen LogP contribution in [0, 0.1) is 13.8 Å². The fourth-order valence-electron chi connectivity index (χ4n) is 11.2. The van der Waals surface area contributed by atoms with Gasteiger partial charge in [-0.2, -0.15) is 10.2 Å². The third kappa shape index (κ3) is 36.2. The van der Waals surface area contributed by atoms with Crippen molar-refractivity contribution in [3.8, 4) is 0 Å². The number of aromatic nitrogens is 3. The molecule has 4 aliphatic heterocycles. The molecule has 0 atom stereocenters. The average molecular weight is 1570 g/mol. The monoisotopic (exact) mass is 1570 g/mol. The van der Waals surface area contributed by atoms with E-state index in [-0.39, 0.29) is 43.3 Å².